The smallest absolute Gasteiger partial charge is 0.242 e. The maximum Gasteiger partial charge on any atom is 0.242 e. The Morgan fingerprint density at radius 2 is 1.88 bits per heavy atom. The van der Waals surface area contributed by atoms with Gasteiger partial charge in [0.1, 0.15) is 6.04 Å². The Morgan fingerprint density at radius 1 is 1.12 bits per heavy atom. The SMILES string of the molecule is CC(=O)N[C@@H](Cc1cccc(-c2cccnc2)c1)[C@H](O)[C@@H]1NCCN(Cc2ccccc2)C1=O. The molecule has 176 valence electrons. The molecule has 1 saturated heterocycles. The fourth-order valence-electron chi connectivity index (χ4n) is 4.39. The van der Waals surface area contributed by atoms with E-state index < -0.39 is 18.2 Å². The first-order valence-corrected chi connectivity index (χ1v) is 11.5. The maximum atomic E-state index is 13.2. The number of carbonyl (C=O) groups is 2. The van der Waals surface area contributed by atoms with Gasteiger partial charge in [-0.2, -0.15) is 0 Å². The standard InChI is InChI=1S/C27H30N4O3/c1-19(32)30-24(16-21-9-5-10-22(15-21)23-11-6-12-28-17-23)26(33)25-27(34)31(14-13-29-25)18-20-7-3-2-4-8-20/h2-12,15,17,24-26,29,33H,13-14,16,18H2,1H3,(H,30,32)/t24-,25-,26-/m0/s1. The van der Waals surface area contributed by atoms with E-state index in [2.05, 4.69) is 15.6 Å². The predicted molar refractivity (Wildman–Crippen MR) is 131 cm³/mol. The fraction of sp³-hybridized carbons (Fsp3) is 0.296. The van der Waals surface area contributed by atoms with Crippen LogP contribution in [0.3, 0.4) is 0 Å². The molecule has 2 aromatic carbocycles. The molecule has 0 bridgehead atoms. The highest BCUT2D eigenvalue weighted by Crippen LogP contribution is 2.21. The summed E-state index contributed by atoms with van der Waals surface area (Å²) in [6.45, 7) is 3.05. The number of hydrogen-bond acceptors (Lipinski definition) is 5. The molecule has 3 atom stereocenters. The molecule has 0 unspecified atom stereocenters. The van der Waals surface area contributed by atoms with Gasteiger partial charge in [-0.3, -0.25) is 14.6 Å². The molecular formula is C27H30N4O3. The van der Waals surface area contributed by atoms with Crippen LogP contribution in [0.5, 0.6) is 0 Å². The van der Waals surface area contributed by atoms with Crippen LogP contribution in [0.2, 0.25) is 0 Å². The maximum absolute atomic E-state index is 13.2. The zero-order chi connectivity index (χ0) is 23.9. The zero-order valence-electron chi connectivity index (χ0n) is 19.2. The van der Waals surface area contributed by atoms with Gasteiger partial charge in [-0.25, -0.2) is 0 Å². The number of rotatable bonds is 8. The molecule has 1 aliphatic heterocycles. The minimum atomic E-state index is -1.09. The lowest BCUT2D eigenvalue weighted by molar-refractivity contribution is -0.141. The van der Waals surface area contributed by atoms with Gasteiger partial charge in [-0.05, 0) is 34.7 Å². The van der Waals surface area contributed by atoms with E-state index in [-0.39, 0.29) is 11.8 Å². The largest absolute Gasteiger partial charge is 0.389 e. The van der Waals surface area contributed by atoms with Crippen molar-refractivity contribution in [2.45, 2.75) is 38.1 Å². The third kappa shape index (κ3) is 5.87. The Labute approximate surface area is 199 Å². The fourth-order valence-corrected chi connectivity index (χ4v) is 4.39. The number of benzene rings is 2. The second-order valence-corrected chi connectivity index (χ2v) is 8.62. The minimum Gasteiger partial charge on any atom is -0.389 e. The van der Waals surface area contributed by atoms with E-state index in [0.29, 0.717) is 26.1 Å². The average Bonchev–Trinajstić information content (AvgIpc) is 2.86. The predicted octanol–water partition coefficient (Wildman–Crippen LogP) is 2.16. The number of aliphatic hydroxyl groups is 1. The number of aliphatic hydroxyl groups excluding tert-OH is 1. The molecule has 7 nitrogen and oxygen atoms in total. The van der Waals surface area contributed by atoms with Crippen molar-refractivity contribution in [3.05, 3.63) is 90.3 Å². The molecule has 3 aromatic rings. The molecular weight excluding hydrogens is 428 g/mol. The first-order valence-electron chi connectivity index (χ1n) is 11.5. The van der Waals surface area contributed by atoms with Crippen LogP contribution in [0.25, 0.3) is 11.1 Å². The Hall–Kier alpha value is -3.55. The third-order valence-corrected chi connectivity index (χ3v) is 6.06. The Morgan fingerprint density at radius 3 is 2.62 bits per heavy atom. The van der Waals surface area contributed by atoms with Gasteiger partial charge in [-0.1, -0.05) is 60.7 Å². The molecule has 0 spiro atoms. The third-order valence-electron chi connectivity index (χ3n) is 6.06. The number of nitrogens with one attached hydrogen (secondary N) is 2. The summed E-state index contributed by atoms with van der Waals surface area (Å²) in [6.07, 6.45) is 2.83. The van der Waals surface area contributed by atoms with Crippen LogP contribution in [0.4, 0.5) is 0 Å². The highest BCUT2D eigenvalue weighted by atomic mass is 16.3. The van der Waals surface area contributed by atoms with Crippen LogP contribution in [-0.4, -0.2) is 58.1 Å². The summed E-state index contributed by atoms with van der Waals surface area (Å²) in [5.74, 6) is -0.418. The number of amides is 2. The summed E-state index contributed by atoms with van der Waals surface area (Å²) < 4.78 is 0. The van der Waals surface area contributed by atoms with Gasteiger partial charge < -0.3 is 20.6 Å². The molecule has 4 rings (SSSR count). The van der Waals surface area contributed by atoms with Crippen LogP contribution in [-0.2, 0) is 22.6 Å². The van der Waals surface area contributed by atoms with E-state index >= 15 is 0 Å². The summed E-state index contributed by atoms with van der Waals surface area (Å²) in [7, 11) is 0. The number of nitrogens with zero attached hydrogens (tertiary/aromatic N) is 2. The second-order valence-electron chi connectivity index (χ2n) is 8.62. The lowest BCUT2D eigenvalue weighted by Crippen LogP contribution is -2.63. The van der Waals surface area contributed by atoms with Gasteiger partial charge in [0, 0.05) is 39.0 Å². The topological polar surface area (TPSA) is 94.6 Å². The number of pyridine rings is 1. The second kappa shape index (κ2) is 11.0. The van der Waals surface area contributed by atoms with Crippen molar-refractivity contribution < 1.29 is 14.7 Å². The van der Waals surface area contributed by atoms with E-state index in [1.165, 1.54) is 6.92 Å². The summed E-state index contributed by atoms with van der Waals surface area (Å²) in [4.78, 5) is 31.1. The monoisotopic (exact) mass is 458 g/mol. The Bertz CT molecular complexity index is 1110. The quantitative estimate of drug-likeness (QED) is 0.481. The summed E-state index contributed by atoms with van der Waals surface area (Å²) in [5, 5.41) is 17.3. The number of carbonyl (C=O) groups excluding carboxylic acids is 2. The van der Waals surface area contributed by atoms with E-state index in [9.17, 15) is 14.7 Å². The first-order chi connectivity index (χ1) is 16.5. The normalized spacial score (nSPS) is 17.8. The van der Waals surface area contributed by atoms with Crippen LogP contribution in [0, 0.1) is 0 Å². The Kier molecular flexibility index (Phi) is 7.67. The molecule has 1 aromatic heterocycles. The molecule has 0 saturated carbocycles. The number of aromatic nitrogens is 1. The van der Waals surface area contributed by atoms with Crippen molar-refractivity contribution in [1.82, 2.24) is 20.5 Å². The lowest BCUT2D eigenvalue weighted by atomic mass is 9.93. The van der Waals surface area contributed by atoms with Crippen molar-refractivity contribution in [3.63, 3.8) is 0 Å². The molecule has 3 N–H and O–H groups in total. The van der Waals surface area contributed by atoms with Gasteiger partial charge in [-0.15, -0.1) is 0 Å². The van der Waals surface area contributed by atoms with Gasteiger partial charge in [0.25, 0.3) is 0 Å². The summed E-state index contributed by atoms with van der Waals surface area (Å²) in [5.41, 5.74) is 3.98. The van der Waals surface area contributed by atoms with E-state index in [4.69, 9.17) is 0 Å². The van der Waals surface area contributed by atoms with Gasteiger partial charge in [0.2, 0.25) is 11.8 Å². The lowest BCUT2D eigenvalue weighted by Gasteiger charge is -2.38. The average molecular weight is 459 g/mol. The molecule has 1 fully saturated rings. The molecule has 2 amide bonds. The summed E-state index contributed by atoms with van der Waals surface area (Å²) in [6, 6.07) is 20.2. The molecule has 1 aliphatic rings. The molecule has 0 aliphatic carbocycles. The van der Waals surface area contributed by atoms with E-state index in [0.717, 1.165) is 22.3 Å². The van der Waals surface area contributed by atoms with Gasteiger partial charge >= 0.3 is 0 Å². The van der Waals surface area contributed by atoms with Crippen molar-refractivity contribution in [2.75, 3.05) is 13.1 Å². The van der Waals surface area contributed by atoms with Crippen molar-refractivity contribution >= 4 is 11.8 Å². The minimum absolute atomic E-state index is 0.165. The van der Waals surface area contributed by atoms with Gasteiger partial charge in [0.15, 0.2) is 0 Å². The first kappa shape index (κ1) is 23.6. The number of piperazine rings is 1. The molecule has 34 heavy (non-hydrogen) atoms. The van der Waals surface area contributed by atoms with E-state index in [1.54, 1.807) is 17.3 Å². The van der Waals surface area contributed by atoms with Crippen molar-refractivity contribution in [1.29, 1.82) is 0 Å². The molecule has 7 heteroatoms. The van der Waals surface area contributed by atoms with E-state index in [1.807, 2.05) is 66.7 Å². The number of hydrogen-bond donors (Lipinski definition) is 3. The molecule has 2 heterocycles. The van der Waals surface area contributed by atoms with Crippen LogP contribution in [0.15, 0.2) is 79.1 Å². The van der Waals surface area contributed by atoms with Crippen molar-refractivity contribution in [2.24, 2.45) is 0 Å². The van der Waals surface area contributed by atoms with Crippen molar-refractivity contribution in [3.8, 4) is 11.1 Å². The highest BCUT2D eigenvalue weighted by Gasteiger charge is 2.38. The summed E-state index contributed by atoms with van der Waals surface area (Å²) >= 11 is 0. The Balaban J connectivity index is 1.51. The zero-order valence-corrected chi connectivity index (χ0v) is 19.2. The van der Waals surface area contributed by atoms with Crippen LogP contribution < -0.4 is 10.6 Å². The molecule has 0 radical (unpaired) electrons. The highest BCUT2D eigenvalue weighted by molar-refractivity contribution is 5.83. The van der Waals surface area contributed by atoms with Gasteiger partial charge in [0.05, 0.1) is 12.1 Å². The van der Waals surface area contributed by atoms with Crippen LogP contribution in [0.1, 0.15) is 18.1 Å². The van der Waals surface area contributed by atoms with Crippen LogP contribution >= 0.6 is 0 Å².